The van der Waals surface area contributed by atoms with E-state index in [9.17, 15) is 4.79 Å². The summed E-state index contributed by atoms with van der Waals surface area (Å²) in [5, 5.41) is 0. The minimum absolute atomic E-state index is 0.0364. The summed E-state index contributed by atoms with van der Waals surface area (Å²) in [7, 11) is 0. The summed E-state index contributed by atoms with van der Waals surface area (Å²) in [6, 6.07) is 7.44. The molecule has 0 aliphatic carbocycles. The van der Waals surface area contributed by atoms with Crippen molar-refractivity contribution < 1.29 is 9.53 Å². The molecule has 1 aromatic rings. The van der Waals surface area contributed by atoms with Crippen molar-refractivity contribution in [1.29, 1.82) is 0 Å². The van der Waals surface area contributed by atoms with Gasteiger partial charge in [0.05, 0.1) is 11.7 Å². The van der Waals surface area contributed by atoms with Gasteiger partial charge in [0, 0.05) is 0 Å². The van der Waals surface area contributed by atoms with E-state index in [0.717, 1.165) is 18.4 Å². The van der Waals surface area contributed by atoms with Gasteiger partial charge < -0.3 is 10.5 Å². The molecule has 16 heavy (non-hydrogen) atoms. The van der Waals surface area contributed by atoms with E-state index in [4.69, 9.17) is 10.5 Å². The monoisotopic (exact) mass is 221 g/mol. The molecule has 0 saturated carbocycles. The van der Waals surface area contributed by atoms with Crippen LogP contribution in [-0.2, 0) is 11.2 Å². The molecule has 2 N–H and O–H groups in total. The van der Waals surface area contributed by atoms with Gasteiger partial charge in [-0.1, -0.05) is 19.1 Å². The van der Waals surface area contributed by atoms with E-state index in [1.54, 1.807) is 6.07 Å². The van der Waals surface area contributed by atoms with Crippen molar-refractivity contribution in [2.24, 2.45) is 5.73 Å². The summed E-state index contributed by atoms with van der Waals surface area (Å²) in [5.74, 6) is -0.256. The van der Waals surface area contributed by atoms with Crippen LogP contribution in [0.2, 0.25) is 0 Å². The number of carbonyl (C=O) groups is 1. The third kappa shape index (κ3) is 3.66. The molecule has 0 spiro atoms. The summed E-state index contributed by atoms with van der Waals surface area (Å²) < 4.78 is 5.25. The van der Waals surface area contributed by atoms with E-state index >= 15 is 0 Å². The van der Waals surface area contributed by atoms with Crippen molar-refractivity contribution in [3.8, 4) is 0 Å². The van der Waals surface area contributed by atoms with Gasteiger partial charge in [-0.3, -0.25) is 0 Å². The van der Waals surface area contributed by atoms with E-state index in [-0.39, 0.29) is 12.1 Å². The Hall–Kier alpha value is -1.35. The lowest BCUT2D eigenvalue weighted by Gasteiger charge is -2.11. The van der Waals surface area contributed by atoms with Gasteiger partial charge in [0.25, 0.3) is 0 Å². The molecule has 0 aromatic heterocycles. The Morgan fingerprint density at radius 1 is 1.50 bits per heavy atom. The largest absolute Gasteiger partial charge is 0.459 e. The van der Waals surface area contributed by atoms with Crippen LogP contribution in [0.1, 0.15) is 36.2 Å². The maximum Gasteiger partial charge on any atom is 0.338 e. The molecule has 0 fully saturated rings. The Morgan fingerprint density at radius 2 is 2.25 bits per heavy atom. The summed E-state index contributed by atoms with van der Waals surface area (Å²) in [6.45, 7) is 4.47. The zero-order valence-corrected chi connectivity index (χ0v) is 9.90. The minimum Gasteiger partial charge on any atom is -0.459 e. The minimum atomic E-state index is -0.256. The maximum atomic E-state index is 11.7. The number of nitrogens with two attached hydrogens (primary N) is 1. The molecule has 1 unspecified atom stereocenters. The van der Waals surface area contributed by atoms with Crippen molar-refractivity contribution in [2.45, 2.75) is 32.8 Å². The second-order valence-electron chi connectivity index (χ2n) is 3.86. The number of hydrogen-bond donors (Lipinski definition) is 1. The van der Waals surface area contributed by atoms with Crippen LogP contribution in [0.4, 0.5) is 0 Å². The second kappa shape index (κ2) is 6.28. The summed E-state index contributed by atoms with van der Waals surface area (Å²) in [5.41, 5.74) is 7.15. The normalized spacial score (nSPS) is 12.2. The fraction of sp³-hybridized carbons (Fsp3) is 0.462. The molecule has 0 aliphatic rings. The Kier molecular flexibility index (Phi) is 4.99. The predicted molar refractivity (Wildman–Crippen MR) is 64.4 cm³/mol. The molecule has 0 saturated heterocycles. The molecular formula is C13H19NO2. The maximum absolute atomic E-state index is 11.7. The molecule has 3 heteroatoms. The quantitative estimate of drug-likeness (QED) is 0.775. The van der Waals surface area contributed by atoms with Crippen LogP contribution in [0.15, 0.2) is 24.3 Å². The van der Waals surface area contributed by atoms with Crippen LogP contribution >= 0.6 is 0 Å². The Balaban J connectivity index is 2.71. The zero-order valence-electron chi connectivity index (χ0n) is 9.90. The topological polar surface area (TPSA) is 52.3 Å². The summed E-state index contributed by atoms with van der Waals surface area (Å²) in [6.07, 6.45) is 1.57. The Morgan fingerprint density at radius 3 is 2.88 bits per heavy atom. The molecule has 1 rings (SSSR count). The van der Waals surface area contributed by atoms with Crippen LogP contribution in [-0.4, -0.2) is 18.6 Å². The molecular weight excluding hydrogens is 202 g/mol. The molecule has 0 radical (unpaired) electrons. The van der Waals surface area contributed by atoms with E-state index in [2.05, 4.69) is 0 Å². The first-order chi connectivity index (χ1) is 7.67. The molecule has 0 bridgehead atoms. The standard InChI is InChI=1S/C13H19NO2/c1-3-10(2)16-13(15)12-6-4-5-11(9-12)7-8-14/h4-6,9-10H,3,7-8,14H2,1-2H3. The number of ether oxygens (including phenoxy) is 1. The Labute approximate surface area is 96.6 Å². The lowest BCUT2D eigenvalue weighted by atomic mass is 10.1. The highest BCUT2D eigenvalue weighted by Gasteiger charge is 2.10. The molecule has 0 amide bonds. The van der Waals surface area contributed by atoms with Crippen LogP contribution < -0.4 is 5.73 Å². The molecule has 3 nitrogen and oxygen atoms in total. The Bertz CT molecular complexity index is 350. The fourth-order valence-electron chi connectivity index (χ4n) is 1.35. The van der Waals surface area contributed by atoms with E-state index in [1.807, 2.05) is 32.0 Å². The van der Waals surface area contributed by atoms with Crippen molar-refractivity contribution in [2.75, 3.05) is 6.54 Å². The molecule has 1 atom stereocenters. The third-order valence-corrected chi connectivity index (χ3v) is 2.48. The number of benzene rings is 1. The van der Waals surface area contributed by atoms with Gasteiger partial charge in [0.2, 0.25) is 0 Å². The van der Waals surface area contributed by atoms with Crippen LogP contribution in [0.25, 0.3) is 0 Å². The van der Waals surface area contributed by atoms with Crippen LogP contribution in [0.3, 0.4) is 0 Å². The van der Waals surface area contributed by atoms with E-state index < -0.39 is 0 Å². The average Bonchev–Trinajstić information content (AvgIpc) is 2.29. The van der Waals surface area contributed by atoms with Crippen molar-refractivity contribution in [3.05, 3.63) is 35.4 Å². The first-order valence-corrected chi connectivity index (χ1v) is 5.67. The molecule has 88 valence electrons. The summed E-state index contributed by atoms with van der Waals surface area (Å²) in [4.78, 5) is 11.7. The van der Waals surface area contributed by atoms with Gasteiger partial charge in [0.1, 0.15) is 0 Å². The highest BCUT2D eigenvalue weighted by Crippen LogP contribution is 2.09. The molecule has 0 heterocycles. The first-order valence-electron chi connectivity index (χ1n) is 5.67. The molecule has 1 aromatic carbocycles. The SMILES string of the molecule is CCC(C)OC(=O)c1cccc(CCN)c1. The smallest absolute Gasteiger partial charge is 0.338 e. The lowest BCUT2D eigenvalue weighted by molar-refractivity contribution is 0.0334. The number of rotatable bonds is 5. The average molecular weight is 221 g/mol. The van der Waals surface area contributed by atoms with Crippen LogP contribution in [0.5, 0.6) is 0 Å². The predicted octanol–water partition coefficient (Wildman–Crippen LogP) is 2.14. The fourth-order valence-corrected chi connectivity index (χ4v) is 1.35. The van der Waals surface area contributed by atoms with Crippen molar-refractivity contribution in [3.63, 3.8) is 0 Å². The van der Waals surface area contributed by atoms with Gasteiger partial charge in [-0.2, -0.15) is 0 Å². The lowest BCUT2D eigenvalue weighted by Crippen LogP contribution is -2.14. The van der Waals surface area contributed by atoms with Gasteiger partial charge >= 0.3 is 5.97 Å². The number of esters is 1. The second-order valence-corrected chi connectivity index (χ2v) is 3.86. The zero-order chi connectivity index (χ0) is 12.0. The van der Waals surface area contributed by atoms with E-state index in [1.165, 1.54) is 0 Å². The van der Waals surface area contributed by atoms with Gasteiger partial charge in [0.15, 0.2) is 0 Å². The number of carbonyl (C=O) groups excluding carboxylic acids is 1. The van der Waals surface area contributed by atoms with Crippen LogP contribution in [0, 0.1) is 0 Å². The number of hydrogen-bond acceptors (Lipinski definition) is 3. The molecule has 0 aliphatic heterocycles. The third-order valence-electron chi connectivity index (χ3n) is 2.48. The van der Waals surface area contributed by atoms with Gasteiger partial charge in [-0.15, -0.1) is 0 Å². The first kappa shape index (κ1) is 12.7. The van der Waals surface area contributed by atoms with Gasteiger partial charge in [-0.25, -0.2) is 4.79 Å². The van der Waals surface area contributed by atoms with Crippen molar-refractivity contribution in [1.82, 2.24) is 0 Å². The van der Waals surface area contributed by atoms with Crippen molar-refractivity contribution >= 4 is 5.97 Å². The van der Waals surface area contributed by atoms with E-state index in [0.29, 0.717) is 12.1 Å². The highest BCUT2D eigenvalue weighted by atomic mass is 16.5. The van der Waals surface area contributed by atoms with Gasteiger partial charge in [-0.05, 0) is 44.0 Å². The highest BCUT2D eigenvalue weighted by molar-refractivity contribution is 5.89. The summed E-state index contributed by atoms with van der Waals surface area (Å²) >= 11 is 0.